The summed E-state index contributed by atoms with van der Waals surface area (Å²) >= 11 is 0. The number of benzene rings is 1. The minimum Gasteiger partial charge on any atom is -0.492 e. The lowest BCUT2D eigenvalue weighted by molar-refractivity contribution is 0.215. The second-order valence-electron chi connectivity index (χ2n) is 6.29. The van der Waals surface area contributed by atoms with Crippen LogP contribution in [0.4, 0.5) is 5.69 Å². The number of sulfonamides is 1. The summed E-state index contributed by atoms with van der Waals surface area (Å²) < 4.78 is 31.5. The molecule has 0 radical (unpaired) electrons. The van der Waals surface area contributed by atoms with Crippen LogP contribution in [-0.2, 0) is 10.0 Å². The lowest BCUT2D eigenvalue weighted by atomic mass is 9.88. The molecule has 0 aliphatic rings. The van der Waals surface area contributed by atoms with Gasteiger partial charge in [-0.1, -0.05) is 20.8 Å². The predicted octanol–water partition coefficient (Wildman–Crippen LogP) is 2.34. The summed E-state index contributed by atoms with van der Waals surface area (Å²) in [5.41, 5.74) is 6.12. The van der Waals surface area contributed by atoms with Crippen LogP contribution in [0.25, 0.3) is 0 Å². The zero-order chi connectivity index (χ0) is 16.3. The van der Waals surface area contributed by atoms with E-state index >= 15 is 0 Å². The van der Waals surface area contributed by atoms with Gasteiger partial charge in [-0.3, -0.25) is 0 Å². The lowest BCUT2D eigenvalue weighted by Gasteiger charge is -2.34. The van der Waals surface area contributed by atoms with E-state index in [9.17, 15) is 8.42 Å². The zero-order valence-corrected chi connectivity index (χ0v) is 14.3. The molecule has 1 unspecified atom stereocenters. The fourth-order valence-corrected chi connectivity index (χ4v) is 3.14. The number of nitrogen functional groups attached to an aromatic ring is 1. The van der Waals surface area contributed by atoms with E-state index in [2.05, 4.69) is 0 Å². The van der Waals surface area contributed by atoms with Crippen LogP contribution in [0.5, 0.6) is 5.75 Å². The molecule has 0 heterocycles. The van der Waals surface area contributed by atoms with Crippen LogP contribution in [0, 0.1) is 5.41 Å². The summed E-state index contributed by atoms with van der Waals surface area (Å²) in [5, 5.41) is 0. The molecule has 1 aromatic rings. The first-order valence-electron chi connectivity index (χ1n) is 6.98. The van der Waals surface area contributed by atoms with Crippen LogP contribution in [0.3, 0.4) is 0 Å². The van der Waals surface area contributed by atoms with Gasteiger partial charge in [0.2, 0.25) is 10.0 Å². The van der Waals surface area contributed by atoms with Crippen LogP contribution in [0.15, 0.2) is 24.3 Å². The van der Waals surface area contributed by atoms with E-state index in [4.69, 9.17) is 10.5 Å². The van der Waals surface area contributed by atoms with Crippen molar-refractivity contribution in [3.63, 3.8) is 0 Å². The van der Waals surface area contributed by atoms with Crippen LogP contribution in [-0.4, -0.2) is 38.2 Å². The fourth-order valence-electron chi connectivity index (χ4n) is 1.76. The summed E-state index contributed by atoms with van der Waals surface area (Å²) in [6, 6.07) is 6.81. The first-order valence-corrected chi connectivity index (χ1v) is 8.59. The Balaban J connectivity index is 2.59. The Hall–Kier alpha value is -1.27. The Morgan fingerprint density at radius 2 is 1.76 bits per heavy atom. The zero-order valence-electron chi connectivity index (χ0n) is 13.5. The molecule has 0 aromatic heterocycles. The molecule has 1 aromatic carbocycles. The van der Waals surface area contributed by atoms with E-state index in [-0.39, 0.29) is 23.8 Å². The average molecular weight is 314 g/mol. The third-order valence-corrected chi connectivity index (χ3v) is 5.60. The smallest absolute Gasteiger partial charge is 0.217 e. The SMILES string of the molecule is CC(N(C)S(=O)(=O)CCOc1ccc(N)cc1)C(C)(C)C. The van der Waals surface area contributed by atoms with Gasteiger partial charge in [0.15, 0.2) is 0 Å². The van der Waals surface area contributed by atoms with Gasteiger partial charge in [-0.2, -0.15) is 0 Å². The van der Waals surface area contributed by atoms with Crippen molar-refractivity contribution in [3.05, 3.63) is 24.3 Å². The molecule has 0 aliphatic heterocycles. The maximum atomic E-state index is 12.3. The topological polar surface area (TPSA) is 72.6 Å². The maximum Gasteiger partial charge on any atom is 0.217 e. The van der Waals surface area contributed by atoms with Gasteiger partial charge < -0.3 is 10.5 Å². The molecule has 2 N–H and O–H groups in total. The molecule has 0 fully saturated rings. The maximum absolute atomic E-state index is 12.3. The van der Waals surface area contributed by atoms with Crippen LogP contribution in [0.1, 0.15) is 27.7 Å². The highest BCUT2D eigenvalue weighted by Gasteiger charge is 2.31. The number of hydrogen-bond acceptors (Lipinski definition) is 4. The van der Waals surface area contributed by atoms with Gasteiger partial charge in [-0.25, -0.2) is 12.7 Å². The normalized spacial score (nSPS) is 14.2. The summed E-state index contributed by atoms with van der Waals surface area (Å²) in [5.74, 6) is 0.569. The first kappa shape index (κ1) is 17.8. The number of anilines is 1. The highest BCUT2D eigenvalue weighted by molar-refractivity contribution is 7.89. The molecule has 21 heavy (non-hydrogen) atoms. The number of ether oxygens (including phenoxy) is 1. The van der Waals surface area contributed by atoms with Crippen molar-refractivity contribution in [1.82, 2.24) is 4.31 Å². The number of hydrogen-bond donors (Lipinski definition) is 1. The number of nitrogens with two attached hydrogens (primary N) is 1. The van der Waals surface area contributed by atoms with Gasteiger partial charge in [0.25, 0.3) is 0 Å². The van der Waals surface area contributed by atoms with E-state index in [1.165, 1.54) is 4.31 Å². The van der Waals surface area contributed by atoms with Gasteiger partial charge in [-0.15, -0.1) is 0 Å². The molecule has 5 nitrogen and oxygen atoms in total. The summed E-state index contributed by atoms with van der Waals surface area (Å²) in [6.45, 7) is 8.10. The Kier molecular flexibility index (Phi) is 5.64. The van der Waals surface area contributed by atoms with Gasteiger partial charge >= 0.3 is 0 Å². The molecule has 0 aliphatic carbocycles. The van der Waals surface area contributed by atoms with Crippen molar-refractivity contribution in [2.45, 2.75) is 33.7 Å². The Morgan fingerprint density at radius 1 is 1.24 bits per heavy atom. The molecule has 6 heteroatoms. The Labute approximate surface area is 128 Å². The molecule has 0 bridgehead atoms. The third kappa shape index (κ3) is 5.21. The molecular weight excluding hydrogens is 288 g/mol. The van der Waals surface area contributed by atoms with Crippen molar-refractivity contribution in [2.75, 3.05) is 25.1 Å². The van der Waals surface area contributed by atoms with E-state index in [0.717, 1.165) is 0 Å². The molecule has 1 rings (SSSR count). The van der Waals surface area contributed by atoms with Gasteiger partial charge in [0.1, 0.15) is 12.4 Å². The number of rotatable bonds is 6. The van der Waals surface area contributed by atoms with Crippen molar-refractivity contribution in [3.8, 4) is 5.75 Å². The molecular formula is C15H26N2O3S. The van der Waals surface area contributed by atoms with Crippen molar-refractivity contribution in [2.24, 2.45) is 5.41 Å². The van der Waals surface area contributed by atoms with Gasteiger partial charge in [-0.05, 0) is 36.6 Å². The van der Waals surface area contributed by atoms with Crippen LogP contribution in [0.2, 0.25) is 0 Å². The Morgan fingerprint density at radius 3 is 2.24 bits per heavy atom. The highest BCUT2D eigenvalue weighted by Crippen LogP contribution is 2.25. The lowest BCUT2D eigenvalue weighted by Crippen LogP contribution is -2.44. The minimum atomic E-state index is -3.34. The quantitative estimate of drug-likeness (QED) is 0.818. The van der Waals surface area contributed by atoms with Gasteiger partial charge in [0, 0.05) is 18.8 Å². The fraction of sp³-hybridized carbons (Fsp3) is 0.600. The van der Waals surface area contributed by atoms with Crippen molar-refractivity contribution >= 4 is 15.7 Å². The summed E-state index contributed by atoms with van der Waals surface area (Å²) in [7, 11) is -1.72. The van der Waals surface area contributed by atoms with E-state index in [1.807, 2.05) is 27.7 Å². The average Bonchev–Trinajstić information content (AvgIpc) is 2.38. The highest BCUT2D eigenvalue weighted by atomic mass is 32.2. The summed E-state index contributed by atoms with van der Waals surface area (Å²) in [6.07, 6.45) is 0. The molecule has 0 saturated heterocycles. The van der Waals surface area contributed by atoms with E-state index < -0.39 is 10.0 Å². The predicted molar refractivity (Wildman–Crippen MR) is 86.8 cm³/mol. The third-order valence-electron chi connectivity index (χ3n) is 3.73. The number of nitrogens with zero attached hydrogens (tertiary/aromatic N) is 1. The first-order chi connectivity index (χ1) is 9.54. The van der Waals surface area contributed by atoms with Crippen molar-refractivity contribution < 1.29 is 13.2 Å². The van der Waals surface area contributed by atoms with Crippen LogP contribution < -0.4 is 10.5 Å². The monoisotopic (exact) mass is 314 g/mol. The second kappa shape index (κ2) is 6.66. The molecule has 1 atom stereocenters. The molecule has 0 saturated carbocycles. The van der Waals surface area contributed by atoms with E-state index in [0.29, 0.717) is 11.4 Å². The largest absolute Gasteiger partial charge is 0.492 e. The standard InChI is InChI=1S/C15H26N2O3S/c1-12(15(2,3)4)17(5)21(18,19)11-10-20-14-8-6-13(16)7-9-14/h6-9,12H,10-11,16H2,1-5H3. The minimum absolute atomic E-state index is 0.0473. The Bertz CT molecular complexity index is 547. The van der Waals surface area contributed by atoms with E-state index in [1.54, 1.807) is 31.3 Å². The van der Waals surface area contributed by atoms with Gasteiger partial charge in [0.05, 0.1) is 5.75 Å². The van der Waals surface area contributed by atoms with Crippen LogP contribution >= 0.6 is 0 Å². The molecule has 0 amide bonds. The molecule has 120 valence electrons. The molecule has 0 spiro atoms. The summed E-state index contributed by atoms with van der Waals surface area (Å²) in [4.78, 5) is 0. The second-order valence-corrected chi connectivity index (χ2v) is 8.44. The van der Waals surface area contributed by atoms with Crippen molar-refractivity contribution in [1.29, 1.82) is 0 Å².